The van der Waals surface area contributed by atoms with Crippen molar-refractivity contribution in [1.29, 1.82) is 0 Å². The molecule has 1 aromatic heterocycles. The van der Waals surface area contributed by atoms with Crippen LogP contribution in [-0.2, 0) is 22.4 Å². The van der Waals surface area contributed by atoms with Crippen LogP contribution in [0, 0.1) is 5.92 Å². The van der Waals surface area contributed by atoms with Gasteiger partial charge in [0.2, 0.25) is 5.91 Å². The van der Waals surface area contributed by atoms with Gasteiger partial charge in [-0.2, -0.15) is 0 Å². The van der Waals surface area contributed by atoms with E-state index in [9.17, 15) is 9.59 Å². The number of carbonyl (C=O) groups is 2. The molecule has 0 radical (unpaired) electrons. The Hall–Kier alpha value is -1.89. The van der Waals surface area contributed by atoms with Crippen LogP contribution in [-0.4, -0.2) is 54.2 Å². The number of fused-ring (bicyclic) bond motifs is 1. The monoisotopic (exact) mass is 347 g/mol. The summed E-state index contributed by atoms with van der Waals surface area (Å²) in [6.45, 7) is 2.91. The lowest BCUT2D eigenvalue weighted by atomic mass is 9.90. The van der Waals surface area contributed by atoms with Crippen LogP contribution >= 0.6 is 0 Å². The van der Waals surface area contributed by atoms with E-state index in [1.165, 1.54) is 0 Å². The molecule has 0 aromatic carbocycles. The molecule has 1 aromatic rings. The zero-order valence-corrected chi connectivity index (χ0v) is 14.5. The van der Waals surface area contributed by atoms with Crippen molar-refractivity contribution in [2.75, 3.05) is 26.3 Å². The summed E-state index contributed by atoms with van der Waals surface area (Å²) in [7, 11) is 0. The summed E-state index contributed by atoms with van der Waals surface area (Å²) >= 11 is 0. The van der Waals surface area contributed by atoms with Crippen LogP contribution in [0.3, 0.4) is 0 Å². The Morgan fingerprint density at radius 2 is 1.88 bits per heavy atom. The van der Waals surface area contributed by atoms with Gasteiger partial charge in [0.25, 0.3) is 5.91 Å². The smallest absolute Gasteiger partial charge is 0.276 e. The number of rotatable bonds is 3. The first-order valence-corrected chi connectivity index (χ1v) is 9.37. The van der Waals surface area contributed by atoms with Gasteiger partial charge in [-0.1, -0.05) is 5.16 Å². The molecule has 0 saturated carbocycles. The molecule has 2 amide bonds. The van der Waals surface area contributed by atoms with Crippen molar-refractivity contribution >= 4 is 11.8 Å². The number of hydrogen-bond donors (Lipinski definition) is 1. The number of likely N-dealkylation sites (tertiary alicyclic amines) is 1. The number of carbonyl (C=O) groups excluding carboxylic acids is 2. The molecular formula is C18H25N3O4. The summed E-state index contributed by atoms with van der Waals surface area (Å²) < 4.78 is 10.7. The van der Waals surface area contributed by atoms with Gasteiger partial charge in [-0.15, -0.1) is 0 Å². The second-order valence-electron chi connectivity index (χ2n) is 7.27. The van der Waals surface area contributed by atoms with Crippen LogP contribution < -0.4 is 5.32 Å². The van der Waals surface area contributed by atoms with Gasteiger partial charge in [-0.05, 0) is 38.5 Å². The molecule has 2 fully saturated rings. The van der Waals surface area contributed by atoms with Crippen molar-refractivity contribution in [1.82, 2.24) is 15.4 Å². The Morgan fingerprint density at radius 1 is 1.12 bits per heavy atom. The highest BCUT2D eigenvalue weighted by Crippen LogP contribution is 2.27. The van der Waals surface area contributed by atoms with Crippen molar-refractivity contribution in [3.8, 4) is 0 Å². The molecule has 0 spiro atoms. The van der Waals surface area contributed by atoms with Crippen LogP contribution in [0.25, 0.3) is 0 Å². The predicted octanol–water partition coefficient (Wildman–Crippen LogP) is 1.31. The number of ether oxygens (including phenoxy) is 1. The molecule has 1 atom stereocenters. The van der Waals surface area contributed by atoms with E-state index < -0.39 is 0 Å². The summed E-state index contributed by atoms with van der Waals surface area (Å²) in [5.41, 5.74) is 1.34. The second kappa shape index (κ2) is 7.15. The first kappa shape index (κ1) is 16.6. The number of nitrogens with zero attached hydrogens (tertiary/aromatic N) is 2. The minimum absolute atomic E-state index is 0.0288. The van der Waals surface area contributed by atoms with Crippen molar-refractivity contribution in [2.24, 2.45) is 5.92 Å². The van der Waals surface area contributed by atoms with Gasteiger partial charge in [0, 0.05) is 50.2 Å². The number of aromatic nitrogens is 1. The quantitative estimate of drug-likeness (QED) is 0.891. The summed E-state index contributed by atoms with van der Waals surface area (Å²) in [5, 5.41) is 7.22. The highest BCUT2D eigenvalue weighted by atomic mass is 16.5. The van der Waals surface area contributed by atoms with Crippen molar-refractivity contribution < 1.29 is 18.8 Å². The molecule has 136 valence electrons. The SMILES string of the molecule is O=C(NC1CCc2onc(C(=O)N3CCCC3)c2C1)C1CCOCC1. The fraction of sp³-hybridized carbons (Fsp3) is 0.722. The van der Waals surface area contributed by atoms with Crippen molar-refractivity contribution in [3.05, 3.63) is 17.0 Å². The number of nitrogens with one attached hydrogen (secondary N) is 1. The van der Waals surface area contributed by atoms with E-state index in [4.69, 9.17) is 9.26 Å². The first-order chi connectivity index (χ1) is 12.2. The average molecular weight is 347 g/mol. The summed E-state index contributed by atoms with van der Waals surface area (Å²) in [6, 6.07) is 0.0485. The van der Waals surface area contributed by atoms with Gasteiger partial charge < -0.3 is 19.5 Å². The number of amides is 2. The van der Waals surface area contributed by atoms with E-state index in [-0.39, 0.29) is 23.8 Å². The minimum atomic E-state index is -0.0288. The molecule has 7 heteroatoms. The molecule has 2 saturated heterocycles. The zero-order valence-electron chi connectivity index (χ0n) is 14.5. The van der Waals surface area contributed by atoms with E-state index in [2.05, 4.69) is 10.5 Å². The van der Waals surface area contributed by atoms with Gasteiger partial charge in [0.1, 0.15) is 5.76 Å². The summed E-state index contributed by atoms with van der Waals surface area (Å²) in [4.78, 5) is 27.0. The van der Waals surface area contributed by atoms with E-state index in [1.807, 2.05) is 4.90 Å². The lowest BCUT2D eigenvalue weighted by Gasteiger charge is -2.27. The van der Waals surface area contributed by atoms with E-state index in [0.717, 1.165) is 56.5 Å². The van der Waals surface area contributed by atoms with Gasteiger partial charge in [0.15, 0.2) is 5.69 Å². The normalized spacial score (nSPS) is 24.2. The molecule has 7 nitrogen and oxygen atoms in total. The zero-order chi connectivity index (χ0) is 17.2. The highest BCUT2D eigenvalue weighted by Gasteiger charge is 2.33. The average Bonchev–Trinajstić information content (AvgIpc) is 3.31. The van der Waals surface area contributed by atoms with Gasteiger partial charge in [-0.3, -0.25) is 9.59 Å². The lowest BCUT2D eigenvalue weighted by Crippen LogP contribution is -2.43. The van der Waals surface area contributed by atoms with Gasteiger partial charge in [-0.25, -0.2) is 0 Å². The Balaban J connectivity index is 1.42. The van der Waals surface area contributed by atoms with E-state index in [0.29, 0.717) is 31.7 Å². The van der Waals surface area contributed by atoms with E-state index in [1.54, 1.807) is 0 Å². The fourth-order valence-electron chi connectivity index (χ4n) is 4.04. The van der Waals surface area contributed by atoms with Crippen molar-refractivity contribution in [2.45, 2.75) is 51.0 Å². The molecule has 4 rings (SSSR count). The highest BCUT2D eigenvalue weighted by molar-refractivity contribution is 5.94. The van der Waals surface area contributed by atoms with Crippen LogP contribution in [0.4, 0.5) is 0 Å². The van der Waals surface area contributed by atoms with Crippen molar-refractivity contribution in [3.63, 3.8) is 0 Å². The standard InChI is InChI=1S/C18H25N3O4/c22-17(12-5-9-24-10-6-12)19-13-3-4-15-14(11-13)16(20-25-15)18(23)21-7-1-2-8-21/h12-13H,1-11H2,(H,19,22). The number of aryl methyl sites for hydroxylation is 1. The van der Waals surface area contributed by atoms with Gasteiger partial charge in [0.05, 0.1) is 0 Å². The molecule has 1 unspecified atom stereocenters. The predicted molar refractivity (Wildman–Crippen MR) is 89.1 cm³/mol. The minimum Gasteiger partial charge on any atom is -0.381 e. The molecule has 2 aliphatic heterocycles. The fourth-order valence-corrected chi connectivity index (χ4v) is 4.04. The Morgan fingerprint density at radius 3 is 2.64 bits per heavy atom. The van der Waals surface area contributed by atoms with Crippen LogP contribution in [0.2, 0.25) is 0 Å². The molecule has 1 N–H and O–H groups in total. The third kappa shape index (κ3) is 3.42. The Kier molecular flexibility index (Phi) is 4.74. The molecule has 1 aliphatic carbocycles. The number of hydrogen-bond acceptors (Lipinski definition) is 5. The maximum absolute atomic E-state index is 12.7. The lowest BCUT2D eigenvalue weighted by molar-refractivity contribution is -0.128. The van der Waals surface area contributed by atoms with Gasteiger partial charge >= 0.3 is 0 Å². The molecular weight excluding hydrogens is 322 g/mol. The Labute approximate surface area is 147 Å². The summed E-state index contributed by atoms with van der Waals surface area (Å²) in [5.74, 6) is 0.932. The molecule has 0 bridgehead atoms. The molecule has 3 heterocycles. The second-order valence-corrected chi connectivity index (χ2v) is 7.27. The maximum Gasteiger partial charge on any atom is 0.276 e. The molecule has 25 heavy (non-hydrogen) atoms. The third-order valence-corrected chi connectivity index (χ3v) is 5.57. The first-order valence-electron chi connectivity index (χ1n) is 9.37. The maximum atomic E-state index is 12.7. The van der Waals surface area contributed by atoms with Crippen LogP contribution in [0.15, 0.2) is 4.52 Å². The van der Waals surface area contributed by atoms with E-state index >= 15 is 0 Å². The van der Waals surface area contributed by atoms with Crippen LogP contribution in [0.5, 0.6) is 0 Å². The Bertz CT molecular complexity index is 645. The van der Waals surface area contributed by atoms with Crippen LogP contribution in [0.1, 0.15) is 53.9 Å². The summed E-state index contributed by atoms with van der Waals surface area (Å²) in [6.07, 6.45) is 5.85. The molecule has 3 aliphatic rings. The third-order valence-electron chi connectivity index (χ3n) is 5.57. The topological polar surface area (TPSA) is 84.7 Å². The largest absolute Gasteiger partial charge is 0.381 e.